The van der Waals surface area contributed by atoms with Gasteiger partial charge in [0.05, 0.1) is 30.5 Å². The number of alkyl halides is 2. The Kier molecular flexibility index (Phi) is 6.08. The molecule has 8 nitrogen and oxygen atoms in total. The summed E-state index contributed by atoms with van der Waals surface area (Å²) < 4.78 is 55.3. The Hall–Kier alpha value is -3.99. The molecule has 1 N–H and O–H groups in total. The van der Waals surface area contributed by atoms with Crippen molar-refractivity contribution in [3.8, 4) is 28.1 Å². The summed E-state index contributed by atoms with van der Waals surface area (Å²) in [4.78, 5) is 20.9. The Balaban J connectivity index is 1.70. The van der Waals surface area contributed by atoms with E-state index in [0.717, 1.165) is 11.6 Å². The summed E-state index contributed by atoms with van der Waals surface area (Å²) in [6, 6.07) is 5.65. The third-order valence-electron chi connectivity index (χ3n) is 5.71. The number of hydrogen-bond acceptors (Lipinski definition) is 6. The molecule has 180 valence electrons. The molecule has 4 aromatic rings. The van der Waals surface area contributed by atoms with Gasteiger partial charge >= 0.3 is 0 Å². The van der Waals surface area contributed by atoms with Gasteiger partial charge in [-0.3, -0.25) is 9.78 Å². The molecule has 1 aromatic carbocycles. The van der Waals surface area contributed by atoms with Crippen LogP contribution >= 0.6 is 0 Å². The summed E-state index contributed by atoms with van der Waals surface area (Å²) in [6.07, 6.45) is 3.58. The van der Waals surface area contributed by atoms with Crippen LogP contribution in [0.3, 0.4) is 0 Å². The Morgan fingerprint density at radius 2 is 2.11 bits per heavy atom. The molecule has 0 radical (unpaired) electrons. The van der Waals surface area contributed by atoms with Gasteiger partial charge in [0, 0.05) is 54.3 Å². The van der Waals surface area contributed by atoms with Gasteiger partial charge in [0.25, 0.3) is 12.3 Å². The third kappa shape index (κ3) is 4.30. The number of amides is 1. The second-order valence-electron chi connectivity index (χ2n) is 7.94. The fourth-order valence-electron chi connectivity index (χ4n) is 3.94. The number of carbonyl (C=O) groups excluding carboxylic acids is 1. The molecule has 0 aliphatic carbocycles. The SMILES string of the molecule is CNC(=O)c1cc(-c2cnn3cc(-c4cccnc4)c(OC4CCOC4)nc23)c(F)c(C(F)F)c1. The van der Waals surface area contributed by atoms with E-state index < -0.39 is 23.7 Å². The van der Waals surface area contributed by atoms with Crippen LogP contribution in [0.15, 0.2) is 49.1 Å². The molecule has 11 heteroatoms. The van der Waals surface area contributed by atoms with Crippen molar-refractivity contribution in [3.05, 3.63) is 66.0 Å². The van der Waals surface area contributed by atoms with E-state index in [9.17, 15) is 13.6 Å². The number of ether oxygens (including phenoxy) is 2. The number of carbonyl (C=O) groups is 1. The van der Waals surface area contributed by atoms with Crippen LogP contribution in [0, 0.1) is 5.82 Å². The third-order valence-corrected chi connectivity index (χ3v) is 5.71. The summed E-state index contributed by atoms with van der Waals surface area (Å²) in [5, 5.41) is 6.63. The number of nitrogens with zero attached hydrogens (tertiary/aromatic N) is 4. The number of fused-ring (bicyclic) bond motifs is 1. The van der Waals surface area contributed by atoms with E-state index in [1.165, 1.54) is 23.8 Å². The summed E-state index contributed by atoms with van der Waals surface area (Å²) in [5.41, 5.74) is 0.436. The predicted octanol–water partition coefficient (Wildman–Crippen LogP) is 4.06. The molecule has 1 fully saturated rings. The average Bonchev–Trinajstić information content (AvgIpc) is 3.53. The first-order valence-electron chi connectivity index (χ1n) is 10.8. The number of benzene rings is 1. The Morgan fingerprint density at radius 1 is 1.26 bits per heavy atom. The number of hydrogen-bond donors (Lipinski definition) is 1. The molecule has 1 saturated heterocycles. The van der Waals surface area contributed by atoms with E-state index in [1.807, 2.05) is 6.07 Å². The number of halogens is 3. The van der Waals surface area contributed by atoms with Gasteiger partial charge in [0.1, 0.15) is 11.9 Å². The van der Waals surface area contributed by atoms with Gasteiger partial charge in [0.15, 0.2) is 5.65 Å². The average molecular weight is 483 g/mol. The minimum Gasteiger partial charge on any atom is -0.471 e. The molecule has 4 heterocycles. The normalized spacial score (nSPS) is 15.6. The lowest BCUT2D eigenvalue weighted by atomic mass is 10.00. The molecular formula is C24H20F3N5O3. The van der Waals surface area contributed by atoms with Crippen LogP contribution in [0.5, 0.6) is 5.88 Å². The maximum absolute atomic E-state index is 15.2. The largest absolute Gasteiger partial charge is 0.471 e. The molecular weight excluding hydrogens is 463 g/mol. The van der Waals surface area contributed by atoms with Gasteiger partial charge in [-0.05, 0) is 18.2 Å². The van der Waals surface area contributed by atoms with E-state index in [1.54, 1.807) is 24.7 Å². The van der Waals surface area contributed by atoms with Gasteiger partial charge in [-0.2, -0.15) is 10.1 Å². The van der Waals surface area contributed by atoms with E-state index >= 15 is 4.39 Å². The molecule has 0 bridgehead atoms. The van der Waals surface area contributed by atoms with Crippen LogP contribution in [0.2, 0.25) is 0 Å². The van der Waals surface area contributed by atoms with Gasteiger partial charge in [0.2, 0.25) is 5.88 Å². The lowest BCUT2D eigenvalue weighted by Gasteiger charge is -2.15. The molecule has 35 heavy (non-hydrogen) atoms. The highest BCUT2D eigenvalue weighted by Crippen LogP contribution is 2.36. The van der Waals surface area contributed by atoms with Gasteiger partial charge in [-0.1, -0.05) is 6.07 Å². The van der Waals surface area contributed by atoms with Crippen molar-refractivity contribution in [2.24, 2.45) is 0 Å². The van der Waals surface area contributed by atoms with Crippen LogP contribution < -0.4 is 10.1 Å². The summed E-state index contributed by atoms with van der Waals surface area (Å²) in [6.45, 7) is 0.951. The molecule has 1 atom stereocenters. The van der Waals surface area contributed by atoms with Crippen LogP contribution in [0.4, 0.5) is 13.2 Å². The van der Waals surface area contributed by atoms with E-state index in [4.69, 9.17) is 9.47 Å². The minimum absolute atomic E-state index is 0.106. The highest BCUT2D eigenvalue weighted by atomic mass is 19.3. The first-order valence-corrected chi connectivity index (χ1v) is 10.8. The van der Waals surface area contributed by atoms with E-state index in [2.05, 4.69) is 20.4 Å². The van der Waals surface area contributed by atoms with Crippen LogP contribution in [0.1, 0.15) is 28.8 Å². The first kappa shape index (κ1) is 22.8. The van der Waals surface area contributed by atoms with Crippen LogP contribution in [-0.4, -0.2) is 51.9 Å². The smallest absolute Gasteiger partial charge is 0.266 e. The molecule has 1 aliphatic heterocycles. The molecule has 5 rings (SSSR count). The number of pyridine rings is 1. The fourth-order valence-corrected chi connectivity index (χ4v) is 3.94. The van der Waals surface area contributed by atoms with Gasteiger partial charge in [-0.25, -0.2) is 17.7 Å². The van der Waals surface area contributed by atoms with Crippen molar-refractivity contribution in [3.63, 3.8) is 0 Å². The van der Waals surface area contributed by atoms with Crippen LogP contribution in [-0.2, 0) is 4.74 Å². The zero-order chi connectivity index (χ0) is 24.5. The Labute approximate surface area is 197 Å². The van der Waals surface area contributed by atoms with Crippen molar-refractivity contribution < 1.29 is 27.4 Å². The second kappa shape index (κ2) is 9.34. The van der Waals surface area contributed by atoms with Crippen molar-refractivity contribution >= 4 is 11.6 Å². The highest BCUT2D eigenvalue weighted by Gasteiger charge is 2.25. The maximum atomic E-state index is 15.2. The second-order valence-corrected chi connectivity index (χ2v) is 7.94. The lowest BCUT2D eigenvalue weighted by molar-refractivity contribution is 0.0962. The van der Waals surface area contributed by atoms with Gasteiger partial charge < -0.3 is 14.8 Å². The lowest BCUT2D eigenvalue weighted by Crippen LogP contribution is -2.18. The Bertz CT molecular complexity index is 1390. The van der Waals surface area contributed by atoms with Crippen molar-refractivity contribution in [1.29, 1.82) is 0 Å². The highest BCUT2D eigenvalue weighted by molar-refractivity contribution is 5.96. The molecule has 0 spiro atoms. The molecule has 0 saturated carbocycles. The molecule has 1 amide bonds. The van der Waals surface area contributed by atoms with Crippen molar-refractivity contribution in [2.75, 3.05) is 20.3 Å². The van der Waals surface area contributed by atoms with Gasteiger partial charge in [-0.15, -0.1) is 0 Å². The van der Waals surface area contributed by atoms with E-state index in [-0.39, 0.29) is 34.3 Å². The fraction of sp³-hybridized carbons (Fsp3) is 0.250. The topological polar surface area (TPSA) is 90.6 Å². The number of nitrogens with one attached hydrogen (secondary N) is 1. The van der Waals surface area contributed by atoms with E-state index in [0.29, 0.717) is 25.2 Å². The number of aromatic nitrogens is 4. The summed E-state index contributed by atoms with van der Waals surface area (Å²) >= 11 is 0. The first-order chi connectivity index (χ1) is 17.0. The minimum atomic E-state index is -3.12. The standard InChI is InChI=1S/C24H20F3N5O3/c1-28-23(33)14-7-16(20(25)17(8-14)21(26)27)18-10-30-32-11-19(13-3-2-5-29-9-13)24(31-22(18)32)35-15-4-6-34-12-15/h2-3,5,7-11,15,21H,4,6,12H2,1H3,(H,28,33). The van der Waals surface area contributed by atoms with Crippen molar-refractivity contribution in [2.45, 2.75) is 19.0 Å². The van der Waals surface area contributed by atoms with Crippen molar-refractivity contribution in [1.82, 2.24) is 24.9 Å². The monoisotopic (exact) mass is 483 g/mol. The quantitative estimate of drug-likeness (QED) is 0.445. The summed E-state index contributed by atoms with van der Waals surface area (Å²) in [7, 11) is 1.36. The maximum Gasteiger partial charge on any atom is 0.266 e. The predicted molar refractivity (Wildman–Crippen MR) is 120 cm³/mol. The zero-order valence-corrected chi connectivity index (χ0v) is 18.5. The number of rotatable bonds is 6. The van der Waals surface area contributed by atoms with Crippen LogP contribution in [0.25, 0.3) is 27.9 Å². The summed E-state index contributed by atoms with van der Waals surface area (Å²) in [5.74, 6) is -1.52. The molecule has 1 aliphatic rings. The Morgan fingerprint density at radius 3 is 2.80 bits per heavy atom. The zero-order valence-electron chi connectivity index (χ0n) is 18.5. The molecule has 1 unspecified atom stereocenters. The molecule has 3 aromatic heterocycles.